The van der Waals surface area contributed by atoms with Gasteiger partial charge in [0.2, 0.25) is 12.7 Å². The quantitative estimate of drug-likeness (QED) is 0.892. The Morgan fingerprint density at radius 1 is 1.19 bits per heavy atom. The van der Waals surface area contributed by atoms with Crippen molar-refractivity contribution >= 4 is 11.6 Å². The molecule has 2 aromatic rings. The monoisotopic (exact) mass is 367 g/mol. The maximum Gasteiger partial charge on any atom is 0.231 e. The van der Waals surface area contributed by atoms with Gasteiger partial charge >= 0.3 is 0 Å². The van der Waals surface area contributed by atoms with E-state index in [-0.39, 0.29) is 30.8 Å². The number of anilines is 1. The van der Waals surface area contributed by atoms with E-state index in [9.17, 15) is 4.79 Å². The van der Waals surface area contributed by atoms with Crippen LogP contribution < -0.4 is 14.8 Å². The van der Waals surface area contributed by atoms with Crippen molar-refractivity contribution < 1.29 is 19.0 Å². The molecular formula is C20H21N3O4. The Kier molecular flexibility index (Phi) is 4.18. The van der Waals surface area contributed by atoms with Crippen LogP contribution in [0.2, 0.25) is 0 Å². The van der Waals surface area contributed by atoms with Gasteiger partial charge in [0.25, 0.3) is 0 Å². The minimum absolute atomic E-state index is 0.000974. The summed E-state index contributed by atoms with van der Waals surface area (Å²) in [6.45, 7) is 2.58. The van der Waals surface area contributed by atoms with E-state index in [1.54, 1.807) is 6.07 Å². The predicted molar refractivity (Wildman–Crippen MR) is 97.5 cm³/mol. The molecule has 2 fully saturated rings. The summed E-state index contributed by atoms with van der Waals surface area (Å²) in [5.74, 6) is 1.23. The molecule has 4 heterocycles. The van der Waals surface area contributed by atoms with Crippen LogP contribution in [0.1, 0.15) is 12.1 Å². The fourth-order valence-corrected chi connectivity index (χ4v) is 4.07. The number of carbonyl (C=O) groups excluding carboxylic acids is 1. The summed E-state index contributed by atoms with van der Waals surface area (Å²) in [7, 11) is 0. The first-order valence-corrected chi connectivity index (χ1v) is 9.23. The standard InChI is InChI=1S/C20H21N3O4/c24-20(22-13-4-5-17-18(7-13)26-12-25-17)16-8-15-10-23(11-19(16)27-15)9-14-3-1-2-6-21-14/h1-7,15-16,19H,8-12H2,(H,22,24)/t15-,16+,19-/m0/s1. The van der Waals surface area contributed by atoms with Crippen molar-refractivity contribution in [2.45, 2.75) is 25.2 Å². The molecule has 0 spiro atoms. The number of nitrogens with zero attached hydrogens (tertiary/aromatic N) is 2. The Balaban J connectivity index is 1.23. The van der Waals surface area contributed by atoms with E-state index in [0.29, 0.717) is 11.5 Å². The second-order valence-corrected chi connectivity index (χ2v) is 7.21. The zero-order chi connectivity index (χ0) is 18.2. The van der Waals surface area contributed by atoms with Gasteiger partial charge in [0.15, 0.2) is 11.5 Å². The van der Waals surface area contributed by atoms with Crippen molar-refractivity contribution in [3.63, 3.8) is 0 Å². The van der Waals surface area contributed by atoms with Gasteiger partial charge in [-0.25, -0.2) is 0 Å². The summed E-state index contributed by atoms with van der Waals surface area (Å²) in [5.41, 5.74) is 1.76. The normalized spacial score (nSPS) is 26.1. The fraction of sp³-hybridized carbons (Fsp3) is 0.400. The van der Waals surface area contributed by atoms with Crippen molar-refractivity contribution in [1.82, 2.24) is 9.88 Å². The highest BCUT2D eigenvalue weighted by molar-refractivity contribution is 5.93. The molecule has 27 heavy (non-hydrogen) atoms. The second kappa shape index (κ2) is 6.83. The number of morpholine rings is 1. The third-order valence-corrected chi connectivity index (χ3v) is 5.32. The largest absolute Gasteiger partial charge is 0.454 e. The molecule has 1 amide bonds. The van der Waals surface area contributed by atoms with Crippen LogP contribution in [-0.4, -0.2) is 47.9 Å². The smallest absolute Gasteiger partial charge is 0.231 e. The maximum atomic E-state index is 12.8. The van der Waals surface area contributed by atoms with Gasteiger partial charge in [-0.15, -0.1) is 0 Å². The molecule has 0 saturated carbocycles. The molecule has 140 valence electrons. The van der Waals surface area contributed by atoms with E-state index in [1.807, 2.05) is 36.5 Å². The molecule has 3 aliphatic heterocycles. The summed E-state index contributed by atoms with van der Waals surface area (Å²) < 4.78 is 16.7. The molecule has 2 bridgehead atoms. The van der Waals surface area contributed by atoms with Crippen LogP contribution in [0.15, 0.2) is 42.6 Å². The first kappa shape index (κ1) is 16.5. The van der Waals surface area contributed by atoms with E-state index in [0.717, 1.165) is 37.4 Å². The molecule has 3 atom stereocenters. The van der Waals surface area contributed by atoms with Crippen LogP contribution in [0.5, 0.6) is 11.5 Å². The second-order valence-electron chi connectivity index (χ2n) is 7.21. The zero-order valence-corrected chi connectivity index (χ0v) is 14.8. The highest BCUT2D eigenvalue weighted by atomic mass is 16.7. The van der Waals surface area contributed by atoms with Crippen LogP contribution in [0.25, 0.3) is 0 Å². The molecule has 5 rings (SSSR count). The summed E-state index contributed by atoms with van der Waals surface area (Å²) >= 11 is 0. The van der Waals surface area contributed by atoms with E-state index >= 15 is 0 Å². The number of likely N-dealkylation sites (tertiary alicyclic amines) is 1. The number of benzene rings is 1. The molecule has 3 aliphatic rings. The molecule has 1 aromatic carbocycles. The average Bonchev–Trinajstić information content (AvgIpc) is 3.26. The molecule has 2 saturated heterocycles. The van der Waals surface area contributed by atoms with E-state index in [2.05, 4.69) is 15.2 Å². The molecule has 1 N–H and O–H groups in total. The maximum absolute atomic E-state index is 12.8. The summed E-state index contributed by atoms with van der Waals surface area (Å²) in [4.78, 5) is 19.6. The van der Waals surface area contributed by atoms with E-state index in [1.165, 1.54) is 0 Å². The molecule has 0 aliphatic carbocycles. The zero-order valence-electron chi connectivity index (χ0n) is 14.8. The lowest BCUT2D eigenvalue weighted by molar-refractivity contribution is -0.123. The van der Waals surface area contributed by atoms with Crippen molar-refractivity contribution in [3.05, 3.63) is 48.3 Å². The number of fused-ring (bicyclic) bond motifs is 3. The van der Waals surface area contributed by atoms with Crippen molar-refractivity contribution in [2.24, 2.45) is 5.92 Å². The lowest BCUT2D eigenvalue weighted by Gasteiger charge is -2.32. The minimum atomic E-state index is -0.144. The number of pyridine rings is 1. The number of carbonyl (C=O) groups is 1. The number of hydrogen-bond acceptors (Lipinski definition) is 6. The van der Waals surface area contributed by atoms with Gasteiger partial charge in [0.05, 0.1) is 23.8 Å². The molecule has 7 heteroatoms. The van der Waals surface area contributed by atoms with Crippen molar-refractivity contribution in [2.75, 3.05) is 25.2 Å². The van der Waals surface area contributed by atoms with Gasteiger partial charge < -0.3 is 19.5 Å². The number of amides is 1. The van der Waals surface area contributed by atoms with E-state index in [4.69, 9.17) is 14.2 Å². The van der Waals surface area contributed by atoms with Crippen LogP contribution in [0.3, 0.4) is 0 Å². The predicted octanol–water partition coefficient (Wildman–Crippen LogP) is 2.04. The summed E-state index contributed by atoms with van der Waals surface area (Å²) in [5, 5.41) is 3.01. The van der Waals surface area contributed by atoms with Gasteiger partial charge in [0.1, 0.15) is 0 Å². The van der Waals surface area contributed by atoms with Crippen LogP contribution in [0.4, 0.5) is 5.69 Å². The Hall–Kier alpha value is -2.64. The van der Waals surface area contributed by atoms with Gasteiger partial charge in [-0.3, -0.25) is 14.7 Å². The first-order chi connectivity index (χ1) is 13.2. The Morgan fingerprint density at radius 3 is 3.00 bits per heavy atom. The minimum Gasteiger partial charge on any atom is -0.454 e. The van der Waals surface area contributed by atoms with Crippen LogP contribution in [-0.2, 0) is 16.1 Å². The average molecular weight is 367 g/mol. The lowest BCUT2D eigenvalue weighted by Crippen LogP contribution is -2.44. The van der Waals surface area contributed by atoms with Gasteiger partial charge in [-0.05, 0) is 30.7 Å². The number of rotatable bonds is 4. The Labute approximate surface area is 157 Å². The Bertz CT molecular complexity index is 844. The third-order valence-electron chi connectivity index (χ3n) is 5.32. The van der Waals surface area contributed by atoms with Crippen LogP contribution >= 0.6 is 0 Å². The molecule has 1 aromatic heterocycles. The number of ether oxygens (including phenoxy) is 3. The number of aromatic nitrogens is 1. The number of hydrogen-bond donors (Lipinski definition) is 1. The summed E-state index contributed by atoms with van der Waals surface area (Å²) in [6.07, 6.45) is 2.58. The van der Waals surface area contributed by atoms with Gasteiger partial charge in [-0.1, -0.05) is 6.07 Å². The van der Waals surface area contributed by atoms with Gasteiger partial charge in [-0.2, -0.15) is 0 Å². The molecule has 7 nitrogen and oxygen atoms in total. The molecule has 0 unspecified atom stereocenters. The van der Waals surface area contributed by atoms with Gasteiger partial charge in [0, 0.05) is 37.6 Å². The van der Waals surface area contributed by atoms with Crippen molar-refractivity contribution in [1.29, 1.82) is 0 Å². The third kappa shape index (κ3) is 3.36. The topological polar surface area (TPSA) is 72.9 Å². The molecular weight excluding hydrogens is 346 g/mol. The van der Waals surface area contributed by atoms with E-state index < -0.39 is 0 Å². The summed E-state index contributed by atoms with van der Waals surface area (Å²) in [6, 6.07) is 11.4. The van der Waals surface area contributed by atoms with Crippen LogP contribution in [0, 0.1) is 5.92 Å². The molecule has 0 radical (unpaired) electrons. The van der Waals surface area contributed by atoms with Crippen molar-refractivity contribution in [3.8, 4) is 11.5 Å². The highest BCUT2D eigenvalue weighted by Gasteiger charge is 2.44. The fourth-order valence-electron chi connectivity index (χ4n) is 4.07. The highest BCUT2D eigenvalue weighted by Crippen LogP contribution is 2.36. The Morgan fingerprint density at radius 2 is 2.11 bits per heavy atom. The lowest BCUT2D eigenvalue weighted by atomic mass is 9.99. The number of nitrogens with one attached hydrogen (secondary N) is 1. The first-order valence-electron chi connectivity index (χ1n) is 9.23. The SMILES string of the molecule is O=C(Nc1ccc2c(c1)OCO2)[C@@H]1C[C@H]2CN(Cc3ccccn3)C[C@@H]1O2.